The summed E-state index contributed by atoms with van der Waals surface area (Å²) >= 11 is 0. The van der Waals surface area contributed by atoms with Gasteiger partial charge in [-0.1, -0.05) is 26.2 Å². The first-order valence-electron chi connectivity index (χ1n) is 7.87. The van der Waals surface area contributed by atoms with Crippen molar-refractivity contribution in [1.29, 1.82) is 5.26 Å². The Kier molecular flexibility index (Phi) is 6.77. The molecule has 5 heteroatoms. The number of nitrogens with zero attached hydrogens (tertiary/aromatic N) is 1. The predicted molar refractivity (Wildman–Crippen MR) is 88.0 cm³/mol. The monoisotopic (exact) mass is 316 g/mol. The standard InChI is InChI=1S/C18H24N2O3/c1-4-5-6-7-15(17(22)23)18(2,3)20-16(21)14-10-8-13(12-19)9-11-14/h8-11,15H,4-7H2,1-3H3,(H,20,21)(H,22,23). The van der Waals surface area contributed by atoms with E-state index in [0.717, 1.165) is 19.3 Å². The van der Waals surface area contributed by atoms with E-state index in [9.17, 15) is 14.7 Å². The van der Waals surface area contributed by atoms with Crippen LogP contribution in [0.4, 0.5) is 0 Å². The largest absolute Gasteiger partial charge is 0.481 e. The second-order valence-corrected chi connectivity index (χ2v) is 6.25. The van der Waals surface area contributed by atoms with Crippen LogP contribution < -0.4 is 5.32 Å². The molecule has 124 valence electrons. The Labute approximate surface area is 137 Å². The fourth-order valence-corrected chi connectivity index (χ4v) is 2.54. The number of hydrogen-bond donors (Lipinski definition) is 2. The summed E-state index contributed by atoms with van der Waals surface area (Å²) < 4.78 is 0. The highest BCUT2D eigenvalue weighted by molar-refractivity contribution is 5.95. The molecule has 23 heavy (non-hydrogen) atoms. The van der Waals surface area contributed by atoms with Gasteiger partial charge in [0.15, 0.2) is 0 Å². The fraction of sp³-hybridized carbons (Fsp3) is 0.500. The zero-order valence-corrected chi connectivity index (χ0v) is 13.9. The number of benzene rings is 1. The number of hydrogen-bond acceptors (Lipinski definition) is 3. The van der Waals surface area contributed by atoms with Gasteiger partial charge < -0.3 is 10.4 Å². The Morgan fingerprint density at radius 3 is 2.35 bits per heavy atom. The normalized spacial score (nSPS) is 12.3. The lowest BCUT2D eigenvalue weighted by molar-refractivity contribution is -0.144. The summed E-state index contributed by atoms with van der Waals surface area (Å²) in [7, 11) is 0. The number of rotatable bonds is 8. The summed E-state index contributed by atoms with van der Waals surface area (Å²) in [5.74, 6) is -1.87. The van der Waals surface area contributed by atoms with Crippen molar-refractivity contribution in [1.82, 2.24) is 5.32 Å². The van der Waals surface area contributed by atoms with Crippen LogP contribution in [0.1, 0.15) is 62.4 Å². The summed E-state index contributed by atoms with van der Waals surface area (Å²) in [5, 5.41) is 21.1. The van der Waals surface area contributed by atoms with Gasteiger partial charge in [-0.3, -0.25) is 9.59 Å². The molecule has 0 bridgehead atoms. The smallest absolute Gasteiger partial charge is 0.308 e. The van der Waals surface area contributed by atoms with Crippen molar-refractivity contribution in [2.24, 2.45) is 5.92 Å². The first kappa shape index (κ1) is 18.7. The van der Waals surface area contributed by atoms with Gasteiger partial charge in [0.25, 0.3) is 5.91 Å². The third-order valence-electron chi connectivity index (χ3n) is 3.98. The molecule has 0 heterocycles. The van der Waals surface area contributed by atoms with Gasteiger partial charge in [0.2, 0.25) is 0 Å². The summed E-state index contributed by atoms with van der Waals surface area (Å²) in [6.45, 7) is 5.53. The maximum atomic E-state index is 12.3. The molecule has 0 saturated carbocycles. The van der Waals surface area contributed by atoms with Crippen LogP contribution in [0.3, 0.4) is 0 Å². The number of carboxylic acids is 1. The van der Waals surface area contributed by atoms with Crippen molar-refractivity contribution in [3.63, 3.8) is 0 Å². The van der Waals surface area contributed by atoms with Crippen molar-refractivity contribution in [2.75, 3.05) is 0 Å². The van der Waals surface area contributed by atoms with Gasteiger partial charge in [-0.2, -0.15) is 5.26 Å². The van der Waals surface area contributed by atoms with E-state index in [4.69, 9.17) is 5.26 Å². The van der Waals surface area contributed by atoms with Crippen LogP contribution in [-0.4, -0.2) is 22.5 Å². The van der Waals surface area contributed by atoms with Crippen LogP contribution >= 0.6 is 0 Å². The topological polar surface area (TPSA) is 90.2 Å². The molecule has 0 spiro atoms. The number of unbranched alkanes of at least 4 members (excludes halogenated alkanes) is 2. The molecule has 1 aromatic rings. The molecule has 1 amide bonds. The van der Waals surface area contributed by atoms with E-state index in [1.807, 2.05) is 6.07 Å². The maximum Gasteiger partial charge on any atom is 0.308 e. The molecular formula is C18H24N2O3. The van der Waals surface area contributed by atoms with E-state index in [1.165, 1.54) is 0 Å². The molecule has 5 nitrogen and oxygen atoms in total. The summed E-state index contributed by atoms with van der Waals surface area (Å²) in [4.78, 5) is 23.9. The van der Waals surface area contributed by atoms with Gasteiger partial charge in [0.05, 0.1) is 17.6 Å². The lowest BCUT2D eigenvalue weighted by atomic mass is 9.83. The number of amides is 1. The Morgan fingerprint density at radius 2 is 1.87 bits per heavy atom. The second-order valence-electron chi connectivity index (χ2n) is 6.25. The highest BCUT2D eigenvalue weighted by atomic mass is 16.4. The van der Waals surface area contributed by atoms with Crippen LogP contribution in [0.5, 0.6) is 0 Å². The Bertz CT molecular complexity index is 585. The van der Waals surface area contributed by atoms with E-state index >= 15 is 0 Å². The van der Waals surface area contributed by atoms with Crippen molar-refractivity contribution in [2.45, 2.75) is 52.0 Å². The van der Waals surface area contributed by atoms with Gasteiger partial charge in [-0.15, -0.1) is 0 Å². The molecule has 0 aliphatic rings. The zero-order chi connectivity index (χ0) is 17.5. The van der Waals surface area contributed by atoms with Crippen molar-refractivity contribution < 1.29 is 14.7 Å². The Balaban J connectivity index is 2.82. The van der Waals surface area contributed by atoms with E-state index < -0.39 is 17.4 Å². The summed E-state index contributed by atoms with van der Waals surface area (Å²) in [6.07, 6.45) is 3.35. The molecular weight excluding hydrogens is 292 g/mol. The molecule has 1 aromatic carbocycles. The highest BCUT2D eigenvalue weighted by Gasteiger charge is 2.36. The molecule has 1 rings (SSSR count). The molecule has 0 radical (unpaired) electrons. The van der Waals surface area contributed by atoms with Gasteiger partial charge in [0.1, 0.15) is 0 Å². The van der Waals surface area contributed by atoms with E-state index in [2.05, 4.69) is 12.2 Å². The first-order chi connectivity index (χ1) is 10.8. The molecule has 0 aliphatic carbocycles. The maximum absolute atomic E-state index is 12.3. The van der Waals surface area contributed by atoms with Crippen LogP contribution in [0.2, 0.25) is 0 Å². The fourth-order valence-electron chi connectivity index (χ4n) is 2.54. The molecule has 1 atom stereocenters. The lowest BCUT2D eigenvalue weighted by Crippen LogP contribution is -2.51. The molecule has 0 saturated heterocycles. The van der Waals surface area contributed by atoms with Crippen molar-refractivity contribution in [3.05, 3.63) is 35.4 Å². The molecule has 1 unspecified atom stereocenters. The van der Waals surface area contributed by atoms with Gasteiger partial charge >= 0.3 is 5.97 Å². The van der Waals surface area contributed by atoms with E-state index in [0.29, 0.717) is 17.5 Å². The minimum Gasteiger partial charge on any atom is -0.481 e. The Morgan fingerprint density at radius 1 is 1.26 bits per heavy atom. The van der Waals surface area contributed by atoms with Gasteiger partial charge in [-0.25, -0.2) is 0 Å². The quantitative estimate of drug-likeness (QED) is 0.720. The number of nitriles is 1. The second kappa shape index (κ2) is 8.33. The molecule has 2 N–H and O–H groups in total. The van der Waals surface area contributed by atoms with E-state index in [-0.39, 0.29) is 5.91 Å². The zero-order valence-electron chi connectivity index (χ0n) is 13.9. The van der Waals surface area contributed by atoms with E-state index in [1.54, 1.807) is 38.1 Å². The number of carboxylic acid groups (broad SMARTS) is 1. The summed E-state index contributed by atoms with van der Waals surface area (Å²) in [5.41, 5.74) is 0.0310. The SMILES string of the molecule is CCCCCC(C(=O)O)C(C)(C)NC(=O)c1ccc(C#N)cc1. The predicted octanol–water partition coefficient (Wildman–Crippen LogP) is 3.35. The third-order valence-corrected chi connectivity index (χ3v) is 3.98. The number of aliphatic carboxylic acids is 1. The molecule has 0 fully saturated rings. The number of carbonyl (C=O) groups excluding carboxylic acids is 1. The molecule has 0 aromatic heterocycles. The van der Waals surface area contributed by atoms with Gasteiger partial charge in [0, 0.05) is 11.1 Å². The highest BCUT2D eigenvalue weighted by Crippen LogP contribution is 2.24. The number of nitrogens with one attached hydrogen (secondary N) is 1. The van der Waals surface area contributed by atoms with Crippen molar-refractivity contribution in [3.8, 4) is 6.07 Å². The molecule has 0 aliphatic heterocycles. The lowest BCUT2D eigenvalue weighted by Gasteiger charge is -2.32. The Hall–Kier alpha value is -2.35. The average molecular weight is 316 g/mol. The number of carbonyl (C=O) groups is 2. The third kappa shape index (κ3) is 5.41. The first-order valence-corrected chi connectivity index (χ1v) is 7.87. The summed E-state index contributed by atoms with van der Waals surface area (Å²) in [6, 6.07) is 8.26. The van der Waals surface area contributed by atoms with Crippen LogP contribution in [0.25, 0.3) is 0 Å². The van der Waals surface area contributed by atoms with Crippen molar-refractivity contribution >= 4 is 11.9 Å². The van der Waals surface area contributed by atoms with Crippen LogP contribution in [-0.2, 0) is 4.79 Å². The minimum atomic E-state index is -0.897. The average Bonchev–Trinajstić information content (AvgIpc) is 2.50. The van der Waals surface area contributed by atoms with Crippen LogP contribution in [0.15, 0.2) is 24.3 Å². The van der Waals surface area contributed by atoms with Gasteiger partial charge in [-0.05, 0) is 44.5 Å². The van der Waals surface area contributed by atoms with Crippen LogP contribution in [0, 0.1) is 17.2 Å². The minimum absolute atomic E-state index is 0.332.